The van der Waals surface area contributed by atoms with Crippen LogP contribution in [-0.2, 0) is 20.7 Å². The third-order valence-corrected chi connectivity index (χ3v) is 4.52. The highest BCUT2D eigenvalue weighted by Crippen LogP contribution is 2.36. The molecule has 26 heavy (non-hydrogen) atoms. The molecule has 6 heteroatoms. The molecule has 0 spiro atoms. The van der Waals surface area contributed by atoms with Gasteiger partial charge >= 0.3 is 11.9 Å². The molecule has 0 bridgehead atoms. The monoisotopic (exact) mass is 353 g/mol. The van der Waals surface area contributed by atoms with Crippen molar-refractivity contribution in [1.82, 2.24) is 5.32 Å². The fraction of sp³-hybridized carbons (Fsp3) is 0.250. The van der Waals surface area contributed by atoms with Crippen molar-refractivity contribution in [3.05, 3.63) is 59.2 Å². The average Bonchev–Trinajstić information content (AvgIpc) is 3.02. The Labute approximate surface area is 150 Å². The quantitative estimate of drug-likeness (QED) is 0.664. The second-order valence-corrected chi connectivity index (χ2v) is 6.18. The maximum absolute atomic E-state index is 12.5. The lowest BCUT2D eigenvalue weighted by Gasteiger charge is -2.14. The first-order valence-electron chi connectivity index (χ1n) is 8.31. The summed E-state index contributed by atoms with van der Waals surface area (Å²) in [5, 5.41) is 11.7. The lowest BCUT2D eigenvalue weighted by molar-refractivity contribution is -0.142. The summed E-state index contributed by atoms with van der Waals surface area (Å²) in [6, 6.07) is 12.3. The third kappa shape index (κ3) is 3.59. The molecular weight excluding hydrogens is 334 g/mol. The van der Waals surface area contributed by atoms with E-state index in [0.717, 1.165) is 23.1 Å². The Morgan fingerprint density at radius 2 is 1.85 bits per heavy atom. The highest BCUT2D eigenvalue weighted by atomic mass is 16.5. The molecule has 0 radical (unpaired) electrons. The minimum atomic E-state index is -1.18. The molecule has 134 valence electrons. The van der Waals surface area contributed by atoms with Crippen LogP contribution in [0.5, 0.6) is 0 Å². The fourth-order valence-corrected chi connectivity index (χ4v) is 3.15. The molecule has 0 aliphatic heterocycles. The highest BCUT2D eigenvalue weighted by molar-refractivity contribution is 5.97. The van der Waals surface area contributed by atoms with Gasteiger partial charge in [-0.05, 0) is 47.2 Å². The van der Waals surface area contributed by atoms with Crippen LogP contribution in [0.25, 0.3) is 11.1 Å². The second-order valence-electron chi connectivity index (χ2n) is 6.18. The van der Waals surface area contributed by atoms with Gasteiger partial charge < -0.3 is 15.2 Å². The van der Waals surface area contributed by atoms with Crippen molar-refractivity contribution in [3.63, 3.8) is 0 Å². The van der Waals surface area contributed by atoms with E-state index in [1.54, 1.807) is 12.1 Å². The van der Waals surface area contributed by atoms with Crippen molar-refractivity contribution in [3.8, 4) is 11.1 Å². The number of aliphatic carboxylic acids is 1. The van der Waals surface area contributed by atoms with Gasteiger partial charge in [-0.2, -0.15) is 0 Å². The van der Waals surface area contributed by atoms with Gasteiger partial charge in [0.05, 0.1) is 7.11 Å². The first-order valence-corrected chi connectivity index (χ1v) is 8.31. The molecule has 0 heterocycles. The third-order valence-electron chi connectivity index (χ3n) is 4.52. The van der Waals surface area contributed by atoms with Crippen LogP contribution in [0.2, 0.25) is 0 Å². The number of nitrogens with one attached hydrogen (secondary N) is 1. The minimum Gasteiger partial charge on any atom is -0.480 e. The first-order chi connectivity index (χ1) is 12.5. The molecule has 6 nitrogen and oxygen atoms in total. The van der Waals surface area contributed by atoms with Gasteiger partial charge in [-0.25, -0.2) is 4.79 Å². The largest absolute Gasteiger partial charge is 0.480 e. The number of carboxylic acid groups (broad SMARTS) is 1. The summed E-state index contributed by atoms with van der Waals surface area (Å²) in [4.78, 5) is 35.0. The van der Waals surface area contributed by atoms with Gasteiger partial charge in [-0.3, -0.25) is 9.59 Å². The standard InChI is InChI=1S/C20H19NO5/c1-26-18(22)9-8-17(20(24)25)21-19(23)13-6-7-16-14(11-13)10-12-4-2-3-5-15(12)16/h2-7,11,17H,8-10H2,1H3,(H,21,23)(H,24,25)/t17-/m0/s1. The number of methoxy groups -OCH3 is 1. The molecule has 2 aromatic rings. The normalized spacial score (nSPS) is 12.7. The van der Waals surface area contributed by atoms with E-state index in [0.29, 0.717) is 5.56 Å². The smallest absolute Gasteiger partial charge is 0.326 e. The lowest BCUT2D eigenvalue weighted by Crippen LogP contribution is -2.41. The van der Waals surface area contributed by atoms with Crippen molar-refractivity contribution in [1.29, 1.82) is 0 Å². The van der Waals surface area contributed by atoms with Crippen molar-refractivity contribution in [2.24, 2.45) is 0 Å². The minimum absolute atomic E-state index is 0.0237. The molecule has 1 atom stereocenters. The second kappa shape index (κ2) is 7.39. The van der Waals surface area contributed by atoms with E-state index in [4.69, 9.17) is 0 Å². The molecule has 2 aromatic carbocycles. The van der Waals surface area contributed by atoms with Crippen LogP contribution in [0, 0.1) is 0 Å². The van der Waals surface area contributed by atoms with E-state index in [1.165, 1.54) is 12.7 Å². The maximum atomic E-state index is 12.5. The molecule has 2 N–H and O–H groups in total. The van der Waals surface area contributed by atoms with E-state index in [1.807, 2.05) is 24.3 Å². The summed E-state index contributed by atoms with van der Waals surface area (Å²) in [6.45, 7) is 0. The fourth-order valence-electron chi connectivity index (χ4n) is 3.15. The molecule has 0 fully saturated rings. The predicted molar refractivity (Wildman–Crippen MR) is 94.8 cm³/mol. The van der Waals surface area contributed by atoms with Gasteiger partial charge in [0, 0.05) is 12.0 Å². The summed E-state index contributed by atoms with van der Waals surface area (Å²) >= 11 is 0. The highest BCUT2D eigenvalue weighted by Gasteiger charge is 2.24. The van der Waals surface area contributed by atoms with E-state index in [9.17, 15) is 19.5 Å². The Hall–Kier alpha value is -3.15. The zero-order valence-corrected chi connectivity index (χ0v) is 14.3. The molecule has 0 saturated carbocycles. The number of hydrogen-bond donors (Lipinski definition) is 2. The number of rotatable bonds is 6. The summed E-state index contributed by atoms with van der Waals surface area (Å²) in [5.74, 6) is -2.17. The Bertz CT molecular complexity index is 874. The first kappa shape index (κ1) is 17.7. The molecule has 3 rings (SSSR count). The van der Waals surface area contributed by atoms with Crippen LogP contribution >= 0.6 is 0 Å². The maximum Gasteiger partial charge on any atom is 0.326 e. The number of carbonyl (C=O) groups excluding carboxylic acids is 2. The Balaban J connectivity index is 1.73. The average molecular weight is 353 g/mol. The molecule has 0 aromatic heterocycles. The van der Waals surface area contributed by atoms with Crippen molar-refractivity contribution < 1.29 is 24.2 Å². The predicted octanol–water partition coefficient (Wildman–Crippen LogP) is 2.39. The number of carboxylic acids is 1. The van der Waals surface area contributed by atoms with E-state index >= 15 is 0 Å². The number of fused-ring (bicyclic) bond motifs is 3. The van der Waals surface area contributed by atoms with Gasteiger partial charge in [-0.1, -0.05) is 30.3 Å². The molecule has 1 aliphatic carbocycles. The van der Waals surface area contributed by atoms with Crippen LogP contribution in [0.4, 0.5) is 0 Å². The SMILES string of the molecule is COC(=O)CC[C@H](NC(=O)c1ccc2c(c1)Cc1ccccc1-2)C(=O)O. The molecule has 1 aliphatic rings. The number of hydrogen-bond acceptors (Lipinski definition) is 4. The Morgan fingerprint density at radius 1 is 1.12 bits per heavy atom. The number of carbonyl (C=O) groups is 3. The van der Waals surface area contributed by atoms with E-state index in [2.05, 4.69) is 16.1 Å². The zero-order chi connectivity index (χ0) is 18.7. The summed E-state index contributed by atoms with van der Waals surface area (Å²) in [5.41, 5.74) is 4.91. The number of ether oxygens (including phenoxy) is 1. The Morgan fingerprint density at radius 3 is 2.58 bits per heavy atom. The van der Waals surface area contributed by atoms with Gasteiger partial charge in [0.25, 0.3) is 5.91 Å². The van der Waals surface area contributed by atoms with Crippen LogP contribution < -0.4 is 5.32 Å². The summed E-state index contributed by atoms with van der Waals surface area (Å²) in [6.07, 6.45) is 0.648. The summed E-state index contributed by atoms with van der Waals surface area (Å²) in [7, 11) is 1.24. The number of benzene rings is 2. The van der Waals surface area contributed by atoms with Crippen molar-refractivity contribution in [2.75, 3.05) is 7.11 Å². The number of amides is 1. The summed E-state index contributed by atoms with van der Waals surface area (Å²) < 4.78 is 4.51. The zero-order valence-electron chi connectivity index (χ0n) is 14.3. The van der Waals surface area contributed by atoms with Crippen LogP contribution in [0.1, 0.15) is 34.3 Å². The van der Waals surface area contributed by atoms with E-state index in [-0.39, 0.29) is 12.8 Å². The molecule has 0 saturated heterocycles. The van der Waals surface area contributed by atoms with E-state index < -0.39 is 23.9 Å². The van der Waals surface area contributed by atoms with Crippen molar-refractivity contribution >= 4 is 17.8 Å². The van der Waals surface area contributed by atoms with Gasteiger partial charge in [0.1, 0.15) is 6.04 Å². The molecule has 1 amide bonds. The van der Waals surface area contributed by atoms with Crippen LogP contribution in [0.15, 0.2) is 42.5 Å². The van der Waals surface area contributed by atoms with Gasteiger partial charge in [0.2, 0.25) is 0 Å². The topological polar surface area (TPSA) is 92.7 Å². The van der Waals surface area contributed by atoms with Crippen LogP contribution in [0.3, 0.4) is 0 Å². The molecular formula is C20H19NO5. The van der Waals surface area contributed by atoms with Crippen molar-refractivity contribution in [2.45, 2.75) is 25.3 Å². The van der Waals surface area contributed by atoms with Crippen LogP contribution in [-0.4, -0.2) is 36.1 Å². The molecule has 0 unspecified atom stereocenters. The Kier molecular flexibility index (Phi) is 5.02. The van der Waals surface area contributed by atoms with Gasteiger partial charge in [-0.15, -0.1) is 0 Å². The van der Waals surface area contributed by atoms with Gasteiger partial charge in [0.15, 0.2) is 0 Å². The number of esters is 1. The lowest BCUT2D eigenvalue weighted by atomic mass is 10.0.